The zero-order valence-corrected chi connectivity index (χ0v) is 10.6. The maximum absolute atomic E-state index is 12.0. The molecule has 0 bridgehead atoms. The average Bonchev–Trinajstić information content (AvgIpc) is 2.87. The van der Waals surface area contributed by atoms with Crippen molar-refractivity contribution in [1.29, 1.82) is 0 Å². The number of hydrogen-bond donors (Lipinski definition) is 0. The minimum atomic E-state index is 0.161. The predicted molar refractivity (Wildman–Crippen MR) is 67.4 cm³/mol. The van der Waals surface area contributed by atoms with E-state index in [1.807, 2.05) is 18.7 Å². The lowest BCUT2D eigenvalue weighted by Crippen LogP contribution is -2.28. The summed E-state index contributed by atoms with van der Waals surface area (Å²) in [6.45, 7) is 4.82. The van der Waals surface area contributed by atoms with Gasteiger partial charge < -0.3 is 4.90 Å². The Morgan fingerprint density at radius 3 is 3.00 bits per heavy atom. The van der Waals surface area contributed by atoms with Crippen LogP contribution in [0.5, 0.6) is 0 Å². The Labute approximate surface area is 101 Å². The van der Waals surface area contributed by atoms with E-state index in [1.165, 1.54) is 5.56 Å². The van der Waals surface area contributed by atoms with E-state index in [2.05, 4.69) is 16.8 Å². The zero-order valence-electron chi connectivity index (χ0n) is 9.77. The number of allylic oxidation sites excluding steroid dienone is 1. The van der Waals surface area contributed by atoms with Crippen molar-refractivity contribution in [2.24, 2.45) is 0 Å². The first kappa shape index (κ1) is 11.4. The van der Waals surface area contributed by atoms with Gasteiger partial charge in [0.05, 0.1) is 6.04 Å². The molecule has 1 aliphatic heterocycles. The Morgan fingerprint density at radius 1 is 1.56 bits per heavy atom. The minimum absolute atomic E-state index is 0.161. The highest BCUT2D eigenvalue weighted by Crippen LogP contribution is 2.33. The lowest BCUT2D eigenvalue weighted by atomic mass is 10.1. The maximum Gasteiger partial charge on any atom is 0.246 e. The molecule has 0 unspecified atom stereocenters. The van der Waals surface area contributed by atoms with Gasteiger partial charge in [-0.15, -0.1) is 0 Å². The second-order valence-electron chi connectivity index (χ2n) is 4.47. The van der Waals surface area contributed by atoms with E-state index in [0.717, 1.165) is 25.0 Å². The van der Waals surface area contributed by atoms with Gasteiger partial charge in [-0.25, -0.2) is 0 Å². The smallest absolute Gasteiger partial charge is 0.246 e. The van der Waals surface area contributed by atoms with Crippen LogP contribution < -0.4 is 0 Å². The molecule has 1 fully saturated rings. The number of rotatable bonds is 2. The van der Waals surface area contributed by atoms with Gasteiger partial charge in [0.2, 0.25) is 5.91 Å². The normalized spacial score (nSPS) is 19.9. The number of amides is 1. The summed E-state index contributed by atoms with van der Waals surface area (Å²) >= 11 is 1.70. The molecular weight excluding hydrogens is 218 g/mol. The van der Waals surface area contributed by atoms with Crippen LogP contribution in [0.1, 0.15) is 38.3 Å². The maximum atomic E-state index is 12.0. The molecule has 1 aliphatic rings. The molecule has 1 aromatic heterocycles. The fourth-order valence-corrected chi connectivity index (χ4v) is 2.88. The standard InChI is InChI=1S/C13H17NOS/c1-10(2)8-13(15)14-6-3-4-12(14)11-5-7-16-9-11/h5,7-9,12H,3-4,6H2,1-2H3/t12-/m1/s1. The van der Waals surface area contributed by atoms with E-state index in [9.17, 15) is 4.79 Å². The van der Waals surface area contributed by atoms with Crippen molar-refractivity contribution in [3.05, 3.63) is 34.0 Å². The summed E-state index contributed by atoms with van der Waals surface area (Å²) in [6.07, 6.45) is 3.95. The molecule has 1 saturated heterocycles. The van der Waals surface area contributed by atoms with Crippen molar-refractivity contribution in [2.75, 3.05) is 6.54 Å². The Kier molecular flexibility index (Phi) is 3.44. The van der Waals surface area contributed by atoms with Crippen LogP contribution >= 0.6 is 11.3 Å². The molecule has 0 aromatic carbocycles. The van der Waals surface area contributed by atoms with Gasteiger partial charge in [-0.05, 0) is 49.1 Å². The van der Waals surface area contributed by atoms with Crippen molar-refractivity contribution in [3.8, 4) is 0 Å². The highest BCUT2D eigenvalue weighted by atomic mass is 32.1. The average molecular weight is 235 g/mol. The molecule has 16 heavy (non-hydrogen) atoms. The second-order valence-corrected chi connectivity index (χ2v) is 5.25. The van der Waals surface area contributed by atoms with Crippen molar-refractivity contribution >= 4 is 17.2 Å². The second kappa shape index (κ2) is 4.83. The van der Waals surface area contributed by atoms with Gasteiger partial charge in [0, 0.05) is 12.6 Å². The molecule has 0 spiro atoms. The van der Waals surface area contributed by atoms with Crippen molar-refractivity contribution in [2.45, 2.75) is 32.7 Å². The molecule has 1 aromatic rings. The summed E-state index contributed by atoms with van der Waals surface area (Å²) in [7, 11) is 0. The molecule has 0 aliphatic carbocycles. The first-order chi connectivity index (χ1) is 7.68. The summed E-state index contributed by atoms with van der Waals surface area (Å²) in [6, 6.07) is 2.43. The van der Waals surface area contributed by atoms with Crippen LogP contribution in [0.25, 0.3) is 0 Å². The van der Waals surface area contributed by atoms with Gasteiger partial charge in [-0.1, -0.05) is 5.57 Å². The first-order valence-electron chi connectivity index (χ1n) is 5.66. The van der Waals surface area contributed by atoms with Gasteiger partial charge in [0.1, 0.15) is 0 Å². The summed E-state index contributed by atoms with van der Waals surface area (Å²) in [5.41, 5.74) is 2.36. The Morgan fingerprint density at radius 2 is 2.38 bits per heavy atom. The predicted octanol–water partition coefficient (Wildman–Crippen LogP) is 3.38. The largest absolute Gasteiger partial charge is 0.332 e. The van der Waals surface area contributed by atoms with Crippen LogP contribution in [-0.4, -0.2) is 17.4 Å². The van der Waals surface area contributed by atoms with Gasteiger partial charge in [-0.3, -0.25) is 4.79 Å². The summed E-state index contributed by atoms with van der Waals surface area (Å²) in [4.78, 5) is 14.0. The van der Waals surface area contributed by atoms with Gasteiger partial charge >= 0.3 is 0 Å². The molecule has 2 rings (SSSR count). The molecule has 2 heterocycles. The third-order valence-corrected chi connectivity index (χ3v) is 3.58. The van der Waals surface area contributed by atoms with Gasteiger partial charge in [-0.2, -0.15) is 11.3 Å². The third kappa shape index (κ3) is 2.35. The molecule has 0 radical (unpaired) electrons. The van der Waals surface area contributed by atoms with Crippen molar-refractivity contribution in [1.82, 2.24) is 4.90 Å². The SMILES string of the molecule is CC(C)=CC(=O)N1CCC[C@@H]1c1ccsc1. The highest BCUT2D eigenvalue weighted by molar-refractivity contribution is 7.07. The van der Waals surface area contributed by atoms with E-state index in [4.69, 9.17) is 0 Å². The number of carbonyl (C=O) groups is 1. The Bertz CT molecular complexity index is 390. The molecule has 2 nitrogen and oxygen atoms in total. The van der Waals surface area contributed by atoms with E-state index in [0.29, 0.717) is 6.04 Å². The summed E-state index contributed by atoms with van der Waals surface area (Å²) in [5, 5.41) is 4.23. The number of nitrogens with zero attached hydrogens (tertiary/aromatic N) is 1. The van der Waals surface area contributed by atoms with Crippen LogP contribution in [0.3, 0.4) is 0 Å². The van der Waals surface area contributed by atoms with Crippen LogP contribution in [0, 0.1) is 0 Å². The number of carbonyl (C=O) groups excluding carboxylic acids is 1. The quantitative estimate of drug-likeness (QED) is 0.720. The number of likely N-dealkylation sites (tertiary alicyclic amines) is 1. The molecule has 1 amide bonds. The van der Waals surface area contributed by atoms with Crippen LogP contribution in [0.4, 0.5) is 0 Å². The molecule has 86 valence electrons. The van der Waals surface area contributed by atoms with Crippen LogP contribution in [0.15, 0.2) is 28.5 Å². The van der Waals surface area contributed by atoms with E-state index in [1.54, 1.807) is 17.4 Å². The van der Waals surface area contributed by atoms with Crippen molar-refractivity contribution in [3.63, 3.8) is 0 Å². The van der Waals surface area contributed by atoms with Crippen molar-refractivity contribution < 1.29 is 4.79 Å². The summed E-state index contributed by atoms with van der Waals surface area (Å²) in [5.74, 6) is 0.161. The van der Waals surface area contributed by atoms with E-state index >= 15 is 0 Å². The molecular formula is C13H17NOS. The third-order valence-electron chi connectivity index (χ3n) is 2.88. The van der Waals surface area contributed by atoms with Gasteiger partial charge in [0.15, 0.2) is 0 Å². The monoisotopic (exact) mass is 235 g/mol. The highest BCUT2D eigenvalue weighted by Gasteiger charge is 2.28. The first-order valence-corrected chi connectivity index (χ1v) is 6.60. The number of thiophene rings is 1. The van der Waals surface area contributed by atoms with Gasteiger partial charge in [0.25, 0.3) is 0 Å². The van der Waals surface area contributed by atoms with Crippen LogP contribution in [-0.2, 0) is 4.79 Å². The fourth-order valence-electron chi connectivity index (χ4n) is 2.17. The van der Waals surface area contributed by atoms with E-state index in [-0.39, 0.29) is 5.91 Å². The van der Waals surface area contributed by atoms with E-state index < -0.39 is 0 Å². The molecule has 3 heteroatoms. The zero-order chi connectivity index (χ0) is 11.5. The Hall–Kier alpha value is -1.09. The molecule has 0 saturated carbocycles. The number of hydrogen-bond acceptors (Lipinski definition) is 2. The lowest BCUT2D eigenvalue weighted by molar-refractivity contribution is -0.126. The lowest BCUT2D eigenvalue weighted by Gasteiger charge is -2.23. The van der Waals surface area contributed by atoms with Crippen LogP contribution in [0.2, 0.25) is 0 Å². The molecule has 0 N–H and O–H groups in total. The fraction of sp³-hybridized carbons (Fsp3) is 0.462. The minimum Gasteiger partial charge on any atom is -0.332 e. The summed E-state index contributed by atoms with van der Waals surface area (Å²) < 4.78 is 0. The Balaban J connectivity index is 2.15. The topological polar surface area (TPSA) is 20.3 Å². The molecule has 1 atom stereocenters.